The van der Waals surface area contributed by atoms with E-state index in [1.807, 2.05) is 17.5 Å². The Morgan fingerprint density at radius 1 is 1.25 bits per heavy atom. The van der Waals surface area contributed by atoms with E-state index in [4.69, 9.17) is 9.26 Å². The number of aromatic nitrogens is 1. The summed E-state index contributed by atoms with van der Waals surface area (Å²) in [5.74, 6) is -0.135. The molecule has 0 saturated heterocycles. The van der Waals surface area contributed by atoms with Gasteiger partial charge in [0.15, 0.2) is 15.6 Å². The summed E-state index contributed by atoms with van der Waals surface area (Å²) in [7, 11) is -3.52. The van der Waals surface area contributed by atoms with Gasteiger partial charge in [-0.3, -0.25) is 0 Å². The zero-order chi connectivity index (χ0) is 17.2. The van der Waals surface area contributed by atoms with Crippen molar-refractivity contribution < 1.29 is 22.5 Å². The Morgan fingerprint density at radius 3 is 2.75 bits per heavy atom. The molecule has 0 atom stereocenters. The molecule has 0 aliphatic rings. The zero-order valence-electron chi connectivity index (χ0n) is 12.6. The first-order valence-corrected chi connectivity index (χ1v) is 9.68. The Bertz CT molecular complexity index is 958. The van der Waals surface area contributed by atoms with Crippen molar-refractivity contribution in [1.82, 2.24) is 5.16 Å². The molecule has 2 aromatic heterocycles. The molecule has 0 aliphatic carbocycles. The maximum absolute atomic E-state index is 12.2. The van der Waals surface area contributed by atoms with Crippen molar-refractivity contribution in [2.75, 3.05) is 6.26 Å². The highest BCUT2D eigenvalue weighted by Gasteiger charge is 2.19. The Hall–Kier alpha value is -2.45. The fourth-order valence-electron chi connectivity index (χ4n) is 2.09. The number of hydrogen-bond donors (Lipinski definition) is 0. The van der Waals surface area contributed by atoms with Gasteiger partial charge < -0.3 is 9.26 Å². The summed E-state index contributed by atoms with van der Waals surface area (Å²) in [6.07, 6.45) is 1.05. The average molecular weight is 363 g/mol. The summed E-state index contributed by atoms with van der Waals surface area (Å²) in [5.41, 5.74) is 0.450. The van der Waals surface area contributed by atoms with Crippen LogP contribution < -0.4 is 0 Å². The van der Waals surface area contributed by atoms with Gasteiger partial charge in [0.2, 0.25) is 0 Å². The smallest absolute Gasteiger partial charge is 0.339 e. The average Bonchev–Trinajstić information content (AvgIpc) is 3.23. The Balaban J connectivity index is 1.73. The third kappa shape index (κ3) is 3.55. The van der Waals surface area contributed by atoms with Crippen molar-refractivity contribution in [2.24, 2.45) is 0 Å². The quantitative estimate of drug-likeness (QED) is 0.647. The van der Waals surface area contributed by atoms with Crippen LogP contribution in [0.1, 0.15) is 16.1 Å². The zero-order valence-corrected chi connectivity index (χ0v) is 14.3. The molecule has 0 N–H and O–H groups in total. The molecule has 1 aromatic carbocycles. The topological polar surface area (TPSA) is 86.5 Å². The minimum Gasteiger partial charge on any atom is -0.455 e. The third-order valence-corrected chi connectivity index (χ3v) is 5.22. The summed E-state index contributed by atoms with van der Waals surface area (Å²) in [4.78, 5) is 13.0. The summed E-state index contributed by atoms with van der Waals surface area (Å²) >= 11 is 1.51. The molecule has 0 amide bonds. The standard InChI is InChI=1S/C16H13NO5S2/c1-24(19,20)15-7-3-2-5-12(15)16(18)21-10-11-9-13(22-17-11)14-6-4-8-23-14/h2-9H,10H2,1H3. The van der Waals surface area contributed by atoms with Gasteiger partial charge in [0.25, 0.3) is 0 Å². The van der Waals surface area contributed by atoms with Gasteiger partial charge in [-0.05, 0) is 23.6 Å². The first-order chi connectivity index (χ1) is 11.4. The molecule has 0 saturated carbocycles. The molecule has 0 spiro atoms. The highest BCUT2D eigenvalue weighted by molar-refractivity contribution is 7.90. The van der Waals surface area contributed by atoms with E-state index >= 15 is 0 Å². The molecule has 124 valence electrons. The lowest BCUT2D eigenvalue weighted by molar-refractivity contribution is 0.0459. The van der Waals surface area contributed by atoms with Gasteiger partial charge in [-0.25, -0.2) is 13.2 Å². The van der Waals surface area contributed by atoms with Gasteiger partial charge >= 0.3 is 5.97 Å². The van der Waals surface area contributed by atoms with Crippen molar-refractivity contribution in [3.05, 3.63) is 59.1 Å². The number of ether oxygens (including phenoxy) is 1. The fourth-order valence-corrected chi connectivity index (χ4v) is 3.64. The van der Waals surface area contributed by atoms with Crippen LogP contribution in [0.5, 0.6) is 0 Å². The molecule has 0 radical (unpaired) electrons. The number of carbonyl (C=O) groups is 1. The highest BCUT2D eigenvalue weighted by atomic mass is 32.2. The van der Waals surface area contributed by atoms with Crippen molar-refractivity contribution in [3.8, 4) is 10.6 Å². The first-order valence-electron chi connectivity index (χ1n) is 6.91. The molecular formula is C16H13NO5S2. The third-order valence-electron chi connectivity index (χ3n) is 3.18. The van der Waals surface area contributed by atoms with Gasteiger partial charge in [-0.1, -0.05) is 23.4 Å². The van der Waals surface area contributed by atoms with Crippen LogP contribution in [0.25, 0.3) is 10.6 Å². The van der Waals surface area contributed by atoms with Crippen molar-refractivity contribution in [2.45, 2.75) is 11.5 Å². The van der Waals surface area contributed by atoms with Crippen LogP contribution in [0.3, 0.4) is 0 Å². The van der Waals surface area contributed by atoms with Gasteiger partial charge in [0.05, 0.1) is 15.3 Å². The summed E-state index contributed by atoms with van der Waals surface area (Å²) < 4.78 is 33.8. The van der Waals surface area contributed by atoms with Crippen LogP contribution in [0, 0.1) is 0 Å². The Labute approximate surface area is 142 Å². The van der Waals surface area contributed by atoms with Gasteiger partial charge in [-0.15, -0.1) is 11.3 Å². The molecule has 0 aliphatic heterocycles. The van der Waals surface area contributed by atoms with Crippen molar-refractivity contribution in [1.29, 1.82) is 0 Å². The maximum atomic E-state index is 12.2. The summed E-state index contributed by atoms with van der Waals surface area (Å²) in [6.45, 7) is -0.105. The molecule has 24 heavy (non-hydrogen) atoms. The van der Waals surface area contributed by atoms with Crippen LogP contribution >= 0.6 is 11.3 Å². The fraction of sp³-hybridized carbons (Fsp3) is 0.125. The number of rotatable bonds is 5. The lowest BCUT2D eigenvalue weighted by Gasteiger charge is -2.07. The first kappa shape index (κ1) is 16.4. The number of thiophene rings is 1. The molecule has 2 heterocycles. The summed E-state index contributed by atoms with van der Waals surface area (Å²) in [6, 6.07) is 11.4. The van der Waals surface area contributed by atoms with Crippen LogP contribution in [0.2, 0.25) is 0 Å². The van der Waals surface area contributed by atoms with Crippen LogP contribution in [0.15, 0.2) is 57.3 Å². The predicted octanol–water partition coefficient (Wildman–Crippen LogP) is 3.16. The lowest BCUT2D eigenvalue weighted by atomic mass is 10.2. The van der Waals surface area contributed by atoms with Gasteiger partial charge in [0, 0.05) is 12.3 Å². The number of nitrogens with zero attached hydrogens (tertiary/aromatic N) is 1. The van der Waals surface area contributed by atoms with Crippen LogP contribution in [-0.2, 0) is 21.2 Å². The second-order valence-electron chi connectivity index (χ2n) is 5.00. The van der Waals surface area contributed by atoms with E-state index in [-0.39, 0.29) is 17.1 Å². The van der Waals surface area contributed by atoms with E-state index < -0.39 is 15.8 Å². The molecule has 0 bridgehead atoms. The van der Waals surface area contributed by atoms with Crippen LogP contribution in [-0.4, -0.2) is 25.8 Å². The minimum absolute atomic E-state index is 0.00183. The number of sulfone groups is 1. The molecule has 0 unspecified atom stereocenters. The monoisotopic (exact) mass is 363 g/mol. The molecule has 0 fully saturated rings. The van der Waals surface area contributed by atoms with E-state index in [1.165, 1.54) is 23.5 Å². The van der Waals surface area contributed by atoms with Gasteiger partial charge in [-0.2, -0.15) is 0 Å². The number of esters is 1. The molecule has 3 aromatic rings. The van der Waals surface area contributed by atoms with E-state index in [2.05, 4.69) is 5.16 Å². The van der Waals surface area contributed by atoms with Crippen molar-refractivity contribution >= 4 is 27.1 Å². The number of carbonyl (C=O) groups excluding carboxylic acids is 1. The second kappa shape index (κ2) is 6.58. The Morgan fingerprint density at radius 2 is 2.04 bits per heavy atom. The lowest BCUT2D eigenvalue weighted by Crippen LogP contribution is -2.11. The Kier molecular flexibility index (Phi) is 4.50. The number of benzene rings is 1. The molecule has 6 nitrogen and oxygen atoms in total. The van der Waals surface area contributed by atoms with Crippen LogP contribution in [0.4, 0.5) is 0 Å². The SMILES string of the molecule is CS(=O)(=O)c1ccccc1C(=O)OCc1cc(-c2cccs2)on1. The van der Waals surface area contributed by atoms with E-state index in [1.54, 1.807) is 18.2 Å². The predicted molar refractivity (Wildman–Crippen MR) is 88.5 cm³/mol. The highest BCUT2D eigenvalue weighted by Crippen LogP contribution is 2.25. The molecule has 8 heteroatoms. The number of hydrogen-bond acceptors (Lipinski definition) is 7. The molecular weight excluding hydrogens is 350 g/mol. The van der Waals surface area contributed by atoms with Crippen molar-refractivity contribution in [3.63, 3.8) is 0 Å². The summed E-state index contributed by atoms with van der Waals surface area (Å²) in [5, 5.41) is 5.76. The maximum Gasteiger partial charge on any atom is 0.339 e. The molecule has 3 rings (SSSR count). The normalized spacial score (nSPS) is 11.4. The van der Waals surface area contributed by atoms with E-state index in [0.717, 1.165) is 11.1 Å². The minimum atomic E-state index is -3.52. The van der Waals surface area contributed by atoms with E-state index in [9.17, 15) is 13.2 Å². The largest absolute Gasteiger partial charge is 0.455 e. The second-order valence-corrected chi connectivity index (χ2v) is 7.94. The van der Waals surface area contributed by atoms with E-state index in [0.29, 0.717) is 11.5 Å². The van der Waals surface area contributed by atoms with Gasteiger partial charge in [0.1, 0.15) is 12.3 Å².